The normalized spacial score (nSPS) is 10.7. The van der Waals surface area contributed by atoms with Crippen LogP contribution in [0.5, 0.6) is 0 Å². The summed E-state index contributed by atoms with van der Waals surface area (Å²) in [5, 5.41) is 0. The van der Waals surface area contributed by atoms with Crippen LogP contribution in [0.4, 0.5) is 5.69 Å². The molecule has 0 atom stereocenters. The van der Waals surface area contributed by atoms with Crippen LogP contribution < -0.4 is 4.90 Å². The third kappa shape index (κ3) is 5.39. The van der Waals surface area contributed by atoms with Crippen molar-refractivity contribution in [1.29, 1.82) is 0 Å². The van der Waals surface area contributed by atoms with Crippen molar-refractivity contribution in [3.8, 4) is 0 Å². The van der Waals surface area contributed by atoms with Crippen molar-refractivity contribution < 1.29 is 9.59 Å². The van der Waals surface area contributed by atoms with Gasteiger partial charge in [0.25, 0.3) is 0 Å². The number of likely N-dealkylation sites (N-methyl/N-ethyl adjacent to an activating group) is 1. The average molecular weight is 367 g/mol. The lowest BCUT2D eigenvalue weighted by molar-refractivity contribution is -0.130. The minimum Gasteiger partial charge on any atom is -0.344 e. The number of pyridine rings is 1. The van der Waals surface area contributed by atoms with E-state index in [0.29, 0.717) is 6.54 Å². The van der Waals surface area contributed by atoms with Crippen LogP contribution in [0.2, 0.25) is 0 Å². The summed E-state index contributed by atoms with van der Waals surface area (Å²) in [5.74, 6) is 0.0700. The summed E-state index contributed by atoms with van der Waals surface area (Å²) in [7, 11) is 1.78. The van der Waals surface area contributed by atoms with Gasteiger partial charge in [-0.05, 0) is 48.1 Å². The van der Waals surface area contributed by atoms with Gasteiger partial charge < -0.3 is 9.80 Å². The summed E-state index contributed by atoms with van der Waals surface area (Å²) in [6.07, 6.45) is 4.26. The highest BCUT2D eigenvalue weighted by atomic mass is 16.2. The molecule has 0 aliphatic heterocycles. The van der Waals surface area contributed by atoms with Gasteiger partial charge in [-0.1, -0.05) is 32.0 Å². The topological polar surface area (TPSA) is 53.5 Å². The molecular weight excluding hydrogens is 338 g/mol. The zero-order valence-electron chi connectivity index (χ0n) is 16.9. The molecule has 1 aromatic heterocycles. The lowest BCUT2D eigenvalue weighted by Gasteiger charge is -2.28. The molecule has 0 spiro atoms. The van der Waals surface area contributed by atoms with Gasteiger partial charge in [0.1, 0.15) is 6.54 Å². The standard InChI is InChI=1S/C22H29N3O2/c1-16(2)20-8-6-7-17(3)22(20)25(18(4)26)15-21(27)24(5)14-11-19-9-12-23-13-10-19/h6-10,12-13,16H,11,14-15H2,1-5H3. The van der Waals surface area contributed by atoms with E-state index in [4.69, 9.17) is 0 Å². The number of anilines is 1. The van der Waals surface area contributed by atoms with Crippen LogP contribution in [0, 0.1) is 6.92 Å². The molecule has 5 nitrogen and oxygen atoms in total. The number of rotatable bonds is 7. The predicted octanol–water partition coefficient (Wildman–Crippen LogP) is 3.57. The van der Waals surface area contributed by atoms with Gasteiger partial charge >= 0.3 is 0 Å². The molecule has 2 aromatic rings. The highest BCUT2D eigenvalue weighted by Crippen LogP contribution is 2.31. The number of carbonyl (C=O) groups is 2. The van der Waals surface area contributed by atoms with Gasteiger partial charge in [-0.25, -0.2) is 0 Å². The lowest BCUT2D eigenvalue weighted by Crippen LogP contribution is -2.42. The Hall–Kier alpha value is -2.69. The molecule has 1 aromatic carbocycles. The molecule has 1 heterocycles. The van der Waals surface area contributed by atoms with E-state index in [1.807, 2.05) is 37.3 Å². The van der Waals surface area contributed by atoms with Crippen LogP contribution in [-0.2, 0) is 16.0 Å². The Morgan fingerprint density at radius 2 is 1.78 bits per heavy atom. The molecule has 0 N–H and O–H groups in total. The largest absolute Gasteiger partial charge is 0.344 e. The summed E-state index contributed by atoms with van der Waals surface area (Å²) in [5.41, 5.74) is 4.08. The number of carbonyl (C=O) groups excluding carboxylic acids is 2. The molecule has 0 radical (unpaired) electrons. The van der Waals surface area contributed by atoms with Gasteiger partial charge in [-0.2, -0.15) is 0 Å². The second kappa shape index (κ2) is 9.31. The van der Waals surface area contributed by atoms with E-state index >= 15 is 0 Å². The molecule has 0 unspecified atom stereocenters. The van der Waals surface area contributed by atoms with Crippen molar-refractivity contribution in [3.63, 3.8) is 0 Å². The second-order valence-corrected chi connectivity index (χ2v) is 7.19. The van der Waals surface area contributed by atoms with Gasteiger partial charge in [-0.3, -0.25) is 14.6 Å². The molecule has 0 saturated carbocycles. The van der Waals surface area contributed by atoms with E-state index < -0.39 is 0 Å². The van der Waals surface area contributed by atoms with E-state index in [-0.39, 0.29) is 24.3 Å². The van der Waals surface area contributed by atoms with Crippen LogP contribution in [0.25, 0.3) is 0 Å². The number of hydrogen-bond donors (Lipinski definition) is 0. The molecule has 27 heavy (non-hydrogen) atoms. The smallest absolute Gasteiger partial charge is 0.242 e. The summed E-state index contributed by atoms with van der Waals surface area (Å²) < 4.78 is 0. The maximum Gasteiger partial charge on any atom is 0.242 e. The number of nitrogens with zero attached hydrogens (tertiary/aromatic N) is 3. The molecule has 0 fully saturated rings. The third-order valence-corrected chi connectivity index (χ3v) is 4.75. The first-order valence-electron chi connectivity index (χ1n) is 9.31. The number of amides is 2. The van der Waals surface area contributed by atoms with Gasteiger partial charge in [0.05, 0.1) is 5.69 Å². The fourth-order valence-corrected chi connectivity index (χ4v) is 3.09. The fraction of sp³-hybridized carbons (Fsp3) is 0.409. The van der Waals surface area contributed by atoms with Gasteiger partial charge in [0.15, 0.2) is 0 Å². The molecule has 0 saturated heterocycles. The van der Waals surface area contributed by atoms with Crippen LogP contribution in [0.1, 0.15) is 43.4 Å². The van der Waals surface area contributed by atoms with Crippen molar-refractivity contribution in [2.24, 2.45) is 0 Å². The quantitative estimate of drug-likeness (QED) is 0.752. The zero-order valence-corrected chi connectivity index (χ0v) is 16.9. The first-order valence-corrected chi connectivity index (χ1v) is 9.31. The lowest BCUT2D eigenvalue weighted by atomic mass is 9.97. The number of aromatic nitrogens is 1. The second-order valence-electron chi connectivity index (χ2n) is 7.19. The monoisotopic (exact) mass is 367 g/mol. The highest BCUT2D eigenvalue weighted by molar-refractivity contribution is 5.98. The number of benzene rings is 1. The van der Waals surface area contributed by atoms with Crippen LogP contribution in [-0.4, -0.2) is 41.8 Å². The number of aryl methyl sites for hydroxylation is 1. The Kier molecular flexibility index (Phi) is 7.11. The SMILES string of the molecule is CC(=O)N(CC(=O)N(C)CCc1ccncc1)c1c(C)cccc1C(C)C. The molecule has 2 amide bonds. The molecule has 5 heteroatoms. The van der Waals surface area contributed by atoms with E-state index in [9.17, 15) is 9.59 Å². The Morgan fingerprint density at radius 3 is 2.37 bits per heavy atom. The summed E-state index contributed by atoms with van der Waals surface area (Å²) in [6, 6.07) is 9.90. The minimum atomic E-state index is -0.123. The van der Waals surface area contributed by atoms with Crippen molar-refractivity contribution in [2.75, 3.05) is 25.0 Å². The maximum absolute atomic E-state index is 12.8. The summed E-state index contributed by atoms with van der Waals surface area (Å²) in [6.45, 7) is 8.33. The van der Waals surface area contributed by atoms with Crippen molar-refractivity contribution in [3.05, 3.63) is 59.4 Å². The fourth-order valence-electron chi connectivity index (χ4n) is 3.09. The van der Waals surface area contributed by atoms with Crippen molar-refractivity contribution >= 4 is 17.5 Å². The molecule has 0 aliphatic carbocycles. The molecule has 0 bridgehead atoms. The minimum absolute atomic E-state index is 0.0484. The average Bonchev–Trinajstić information content (AvgIpc) is 2.64. The van der Waals surface area contributed by atoms with Crippen LogP contribution in [0.3, 0.4) is 0 Å². The molecular formula is C22H29N3O2. The van der Waals surface area contributed by atoms with E-state index in [0.717, 1.165) is 28.8 Å². The maximum atomic E-state index is 12.8. The van der Waals surface area contributed by atoms with Gasteiger partial charge in [0, 0.05) is 32.9 Å². The van der Waals surface area contributed by atoms with Crippen LogP contribution >= 0.6 is 0 Å². The van der Waals surface area contributed by atoms with Gasteiger partial charge in [-0.15, -0.1) is 0 Å². The Labute approximate surface area is 162 Å². The molecule has 0 aliphatic rings. The highest BCUT2D eigenvalue weighted by Gasteiger charge is 2.23. The van der Waals surface area contributed by atoms with Crippen molar-refractivity contribution in [1.82, 2.24) is 9.88 Å². The first-order chi connectivity index (χ1) is 12.8. The summed E-state index contributed by atoms with van der Waals surface area (Å²) in [4.78, 5) is 32.4. The van der Waals surface area contributed by atoms with E-state index in [1.54, 1.807) is 29.2 Å². The van der Waals surface area contributed by atoms with E-state index in [2.05, 4.69) is 18.8 Å². The number of hydrogen-bond acceptors (Lipinski definition) is 3. The van der Waals surface area contributed by atoms with E-state index in [1.165, 1.54) is 6.92 Å². The third-order valence-electron chi connectivity index (χ3n) is 4.75. The number of para-hydroxylation sites is 1. The molecule has 2 rings (SSSR count). The zero-order chi connectivity index (χ0) is 20.0. The Balaban J connectivity index is 2.14. The first kappa shape index (κ1) is 20.6. The molecule has 144 valence electrons. The van der Waals surface area contributed by atoms with Crippen molar-refractivity contribution in [2.45, 2.75) is 40.0 Å². The summed E-state index contributed by atoms with van der Waals surface area (Å²) >= 11 is 0. The Morgan fingerprint density at radius 1 is 1.11 bits per heavy atom. The van der Waals surface area contributed by atoms with Gasteiger partial charge in [0.2, 0.25) is 11.8 Å². The Bertz CT molecular complexity index is 787. The van der Waals surface area contributed by atoms with Crippen LogP contribution in [0.15, 0.2) is 42.7 Å². The predicted molar refractivity (Wildman–Crippen MR) is 109 cm³/mol.